The summed E-state index contributed by atoms with van der Waals surface area (Å²) in [5, 5.41) is 5.31. The van der Waals surface area contributed by atoms with Gasteiger partial charge in [-0.2, -0.15) is 10.1 Å². The second-order valence-corrected chi connectivity index (χ2v) is 8.98. The van der Waals surface area contributed by atoms with Crippen LogP contribution in [-0.4, -0.2) is 38.8 Å². The highest BCUT2D eigenvalue weighted by Gasteiger charge is 2.34. The fraction of sp³-hybridized carbons (Fsp3) is 0.167. The van der Waals surface area contributed by atoms with E-state index < -0.39 is 13.0 Å². The Morgan fingerprint density at radius 3 is 2.80 bits per heavy atom. The predicted molar refractivity (Wildman–Crippen MR) is 130 cm³/mol. The number of halogens is 2. The average molecular weight is 493 g/mol. The van der Waals surface area contributed by atoms with E-state index in [0.717, 1.165) is 26.7 Å². The molecule has 1 aliphatic rings. The molecule has 0 bridgehead atoms. The summed E-state index contributed by atoms with van der Waals surface area (Å²) in [5.41, 5.74) is 5.35. The van der Waals surface area contributed by atoms with Crippen LogP contribution in [0.25, 0.3) is 21.1 Å². The SMILES string of the molecule is Cn1cc2cc(N3Cc4ccc(OCC(F)F)nc4N(c4ccc5scnc5c4)C3=O)ccc2n1. The number of aromatic nitrogens is 4. The zero-order valence-electron chi connectivity index (χ0n) is 18.4. The van der Waals surface area contributed by atoms with Crippen molar-refractivity contribution in [2.75, 3.05) is 16.4 Å². The van der Waals surface area contributed by atoms with Gasteiger partial charge in [-0.15, -0.1) is 11.3 Å². The number of amides is 2. The van der Waals surface area contributed by atoms with Crippen LogP contribution in [0.2, 0.25) is 0 Å². The Morgan fingerprint density at radius 2 is 1.94 bits per heavy atom. The largest absolute Gasteiger partial charge is 0.472 e. The Labute approximate surface area is 202 Å². The van der Waals surface area contributed by atoms with E-state index in [0.29, 0.717) is 17.2 Å². The average Bonchev–Trinajstić information content (AvgIpc) is 3.46. The van der Waals surface area contributed by atoms with E-state index in [2.05, 4.69) is 15.1 Å². The lowest BCUT2D eigenvalue weighted by Gasteiger charge is -2.36. The number of hydrogen-bond acceptors (Lipinski definition) is 6. The van der Waals surface area contributed by atoms with E-state index in [1.165, 1.54) is 16.2 Å². The summed E-state index contributed by atoms with van der Waals surface area (Å²) >= 11 is 1.50. The van der Waals surface area contributed by atoms with Gasteiger partial charge >= 0.3 is 6.03 Å². The van der Waals surface area contributed by atoms with Crippen LogP contribution >= 0.6 is 11.3 Å². The van der Waals surface area contributed by atoms with Gasteiger partial charge in [0.15, 0.2) is 6.61 Å². The van der Waals surface area contributed by atoms with Crippen LogP contribution in [0.3, 0.4) is 0 Å². The summed E-state index contributed by atoms with van der Waals surface area (Å²) in [4.78, 5) is 25.8. The summed E-state index contributed by atoms with van der Waals surface area (Å²) < 4.78 is 33.2. The first kappa shape index (κ1) is 21.4. The molecule has 0 saturated carbocycles. The molecule has 2 aromatic carbocycles. The van der Waals surface area contributed by atoms with Gasteiger partial charge in [-0.1, -0.05) is 0 Å². The number of pyridine rings is 1. The number of alkyl halides is 2. The number of fused-ring (bicyclic) bond motifs is 3. The predicted octanol–water partition coefficient (Wildman–Crippen LogP) is 5.50. The third-order valence-electron chi connectivity index (χ3n) is 5.74. The molecule has 35 heavy (non-hydrogen) atoms. The maximum Gasteiger partial charge on any atom is 0.335 e. The van der Waals surface area contributed by atoms with Crippen molar-refractivity contribution in [2.24, 2.45) is 7.05 Å². The van der Waals surface area contributed by atoms with Crippen molar-refractivity contribution in [1.29, 1.82) is 0 Å². The number of carbonyl (C=O) groups excluding carboxylic acids is 1. The van der Waals surface area contributed by atoms with Crippen molar-refractivity contribution in [1.82, 2.24) is 19.7 Å². The van der Waals surface area contributed by atoms with Gasteiger partial charge in [-0.05, 0) is 42.5 Å². The normalized spacial score (nSPS) is 13.8. The van der Waals surface area contributed by atoms with Gasteiger partial charge < -0.3 is 4.74 Å². The highest BCUT2D eigenvalue weighted by Crippen LogP contribution is 2.38. The van der Waals surface area contributed by atoms with Crippen molar-refractivity contribution in [3.05, 3.63) is 65.8 Å². The van der Waals surface area contributed by atoms with Crippen LogP contribution in [0.1, 0.15) is 5.56 Å². The van der Waals surface area contributed by atoms with Crippen LogP contribution in [0.4, 0.5) is 30.8 Å². The van der Waals surface area contributed by atoms with Gasteiger partial charge in [0.1, 0.15) is 5.82 Å². The Hall–Kier alpha value is -4.12. The maximum atomic E-state index is 13.9. The first-order valence-electron chi connectivity index (χ1n) is 10.8. The number of rotatable bonds is 5. The van der Waals surface area contributed by atoms with Crippen LogP contribution in [0.5, 0.6) is 5.88 Å². The summed E-state index contributed by atoms with van der Waals surface area (Å²) in [6.45, 7) is -0.515. The highest BCUT2D eigenvalue weighted by molar-refractivity contribution is 7.16. The van der Waals surface area contributed by atoms with E-state index in [1.807, 2.05) is 49.6 Å². The molecule has 1 aliphatic heterocycles. The molecule has 0 radical (unpaired) electrons. The number of aryl methyl sites for hydroxylation is 1. The highest BCUT2D eigenvalue weighted by atomic mass is 32.1. The standard InChI is InChI=1S/C24H18F2N6O2S/c1-30-10-15-8-16(3-5-18(15)29-30)31-11-14-2-7-22(34-12-21(25)26)28-23(14)32(24(31)33)17-4-6-20-19(9-17)27-13-35-20/h2-10,13,21H,11-12H2,1H3. The quantitative estimate of drug-likeness (QED) is 0.324. The number of anilines is 3. The van der Waals surface area contributed by atoms with Gasteiger partial charge in [-0.25, -0.2) is 23.5 Å². The zero-order chi connectivity index (χ0) is 24.1. The van der Waals surface area contributed by atoms with E-state index in [4.69, 9.17) is 4.74 Å². The van der Waals surface area contributed by atoms with Crippen molar-refractivity contribution in [3.63, 3.8) is 0 Å². The lowest BCUT2D eigenvalue weighted by atomic mass is 10.1. The summed E-state index contributed by atoms with van der Waals surface area (Å²) in [7, 11) is 1.84. The first-order chi connectivity index (χ1) is 17.0. The van der Waals surface area contributed by atoms with Crippen LogP contribution in [-0.2, 0) is 13.6 Å². The number of thiazole rings is 1. The molecular formula is C24H18F2N6O2S. The number of nitrogens with zero attached hydrogens (tertiary/aromatic N) is 6. The minimum atomic E-state index is -2.63. The Morgan fingerprint density at radius 1 is 1.09 bits per heavy atom. The molecule has 176 valence electrons. The summed E-state index contributed by atoms with van der Waals surface area (Å²) in [6, 6.07) is 14.1. The molecule has 6 rings (SSSR count). The molecule has 0 saturated heterocycles. The Bertz CT molecular complexity index is 1580. The van der Waals surface area contributed by atoms with Gasteiger partial charge in [0.2, 0.25) is 5.88 Å². The minimum absolute atomic E-state index is 0.0295. The number of benzene rings is 2. The first-order valence-corrected chi connectivity index (χ1v) is 11.6. The number of carbonyl (C=O) groups is 1. The Kier molecular flexibility index (Phi) is 5.06. The number of hydrogen-bond donors (Lipinski definition) is 0. The minimum Gasteiger partial charge on any atom is -0.472 e. The fourth-order valence-corrected chi connectivity index (χ4v) is 4.84. The molecule has 2 amide bonds. The third-order valence-corrected chi connectivity index (χ3v) is 6.55. The maximum absolute atomic E-state index is 13.9. The molecule has 0 unspecified atom stereocenters. The van der Waals surface area contributed by atoms with Gasteiger partial charge in [0.05, 0.1) is 33.5 Å². The van der Waals surface area contributed by atoms with Crippen LogP contribution in [0.15, 0.2) is 60.2 Å². The lowest BCUT2D eigenvalue weighted by molar-refractivity contribution is 0.0796. The van der Waals surface area contributed by atoms with Crippen LogP contribution in [0, 0.1) is 0 Å². The van der Waals surface area contributed by atoms with Gasteiger partial charge in [-0.3, -0.25) is 9.58 Å². The second-order valence-electron chi connectivity index (χ2n) is 8.09. The molecule has 0 fully saturated rings. The monoisotopic (exact) mass is 492 g/mol. The summed E-state index contributed by atoms with van der Waals surface area (Å²) in [5.74, 6) is 0.372. The van der Waals surface area contributed by atoms with E-state index in [-0.39, 0.29) is 18.5 Å². The molecule has 4 heterocycles. The van der Waals surface area contributed by atoms with E-state index in [9.17, 15) is 13.6 Å². The third kappa shape index (κ3) is 3.83. The second kappa shape index (κ2) is 8.27. The summed E-state index contributed by atoms with van der Waals surface area (Å²) in [6.07, 6.45) is -0.737. The molecule has 3 aromatic heterocycles. The topological polar surface area (TPSA) is 76.4 Å². The van der Waals surface area contributed by atoms with Crippen molar-refractivity contribution in [3.8, 4) is 5.88 Å². The van der Waals surface area contributed by atoms with Gasteiger partial charge in [0, 0.05) is 35.9 Å². The van der Waals surface area contributed by atoms with E-state index >= 15 is 0 Å². The van der Waals surface area contributed by atoms with E-state index in [1.54, 1.807) is 27.2 Å². The van der Waals surface area contributed by atoms with Crippen molar-refractivity contribution >= 4 is 55.7 Å². The molecular weight excluding hydrogens is 474 g/mol. The lowest BCUT2D eigenvalue weighted by Crippen LogP contribution is -2.45. The molecule has 0 spiro atoms. The molecule has 5 aromatic rings. The van der Waals surface area contributed by atoms with Crippen molar-refractivity contribution < 1.29 is 18.3 Å². The fourth-order valence-electron chi connectivity index (χ4n) is 4.18. The molecule has 0 aliphatic carbocycles. The Balaban J connectivity index is 1.46. The van der Waals surface area contributed by atoms with Crippen LogP contribution < -0.4 is 14.5 Å². The molecule has 8 nitrogen and oxygen atoms in total. The molecule has 0 atom stereocenters. The number of urea groups is 1. The van der Waals surface area contributed by atoms with Gasteiger partial charge in [0.25, 0.3) is 6.43 Å². The zero-order valence-corrected chi connectivity index (χ0v) is 19.2. The molecule has 11 heteroatoms. The smallest absolute Gasteiger partial charge is 0.335 e. The molecule has 0 N–H and O–H groups in total. The van der Waals surface area contributed by atoms with Crippen molar-refractivity contribution in [2.45, 2.75) is 13.0 Å². The number of ether oxygens (including phenoxy) is 1.